The fourth-order valence-electron chi connectivity index (χ4n) is 2.84. The lowest BCUT2D eigenvalue weighted by Crippen LogP contribution is -2.45. The normalized spacial score (nSPS) is 31.7. The summed E-state index contributed by atoms with van der Waals surface area (Å²) in [7, 11) is 0. The topological polar surface area (TPSA) is 71.1 Å². The highest BCUT2D eigenvalue weighted by molar-refractivity contribution is 9.10. The highest BCUT2D eigenvalue weighted by Gasteiger charge is 2.64. The number of anilines is 1. The quantitative estimate of drug-likeness (QED) is 0.827. The highest BCUT2D eigenvalue weighted by atomic mass is 79.9. The number of halogens is 1. The average Bonchev–Trinajstić information content (AvgIpc) is 2.92. The van der Waals surface area contributed by atoms with Crippen molar-refractivity contribution in [2.24, 2.45) is 5.92 Å². The van der Waals surface area contributed by atoms with Gasteiger partial charge in [-0.05, 0) is 53.7 Å². The number of nitrogens with zero attached hydrogens (tertiary/aromatic N) is 1. The van der Waals surface area contributed by atoms with Gasteiger partial charge in [0.15, 0.2) is 0 Å². The number of nitrogens with one attached hydrogen (secondary N) is 2. The largest absolute Gasteiger partial charge is 0.309 e. The van der Waals surface area contributed by atoms with Gasteiger partial charge in [-0.15, -0.1) is 0 Å². The molecule has 19 heavy (non-hydrogen) atoms. The van der Waals surface area contributed by atoms with Gasteiger partial charge in [0.05, 0.1) is 11.6 Å². The lowest BCUT2D eigenvalue weighted by Gasteiger charge is -2.16. The Balaban J connectivity index is 1.65. The van der Waals surface area contributed by atoms with Gasteiger partial charge in [-0.2, -0.15) is 0 Å². The van der Waals surface area contributed by atoms with Crippen LogP contribution in [0.15, 0.2) is 22.8 Å². The van der Waals surface area contributed by atoms with Crippen LogP contribution in [0.3, 0.4) is 0 Å². The Bertz CT molecular complexity index is 563. The minimum atomic E-state index is -0.424. The summed E-state index contributed by atoms with van der Waals surface area (Å²) >= 11 is 3.26. The van der Waals surface area contributed by atoms with E-state index in [2.05, 4.69) is 31.5 Å². The van der Waals surface area contributed by atoms with E-state index in [4.69, 9.17) is 0 Å². The average molecular weight is 324 g/mol. The van der Waals surface area contributed by atoms with Gasteiger partial charge in [0, 0.05) is 0 Å². The van der Waals surface area contributed by atoms with Gasteiger partial charge in [-0.25, -0.2) is 4.98 Å². The fraction of sp³-hybridized carbons (Fsp3) is 0.462. The number of Topliss-reactive ketones (excluding diaryl/α,β-unsaturated/α-hetero) is 1. The number of ketones is 1. The van der Waals surface area contributed by atoms with E-state index in [0.717, 1.165) is 12.8 Å². The van der Waals surface area contributed by atoms with Crippen LogP contribution in [-0.2, 0) is 9.59 Å². The van der Waals surface area contributed by atoms with Gasteiger partial charge < -0.3 is 5.32 Å². The van der Waals surface area contributed by atoms with Gasteiger partial charge in [0.25, 0.3) is 0 Å². The van der Waals surface area contributed by atoms with Gasteiger partial charge in [-0.1, -0.05) is 6.07 Å². The Morgan fingerprint density at radius 2 is 2.32 bits per heavy atom. The van der Waals surface area contributed by atoms with E-state index in [9.17, 15) is 9.59 Å². The minimum Gasteiger partial charge on any atom is -0.309 e. The predicted octanol–water partition coefficient (Wildman–Crippen LogP) is 1.49. The number of carbonyl (C=O) groups excluding carboxylic acids is 2. The number of fused-ring (bicyclic) bond motifs is 1. The zero-order valence-electron chi connectivity index (χ0n) is 10.4. The zero-order valence-corrected chi connectivity index (χ0v) is 12.0. The molecule has 1 aromatic heterocycles. The fourth-order valence-corrected chi connectivity index (χ4v) is 3.19. The third kappa shape index (κ3) is 2.19. The van der Waals surface area contributed by atoms with Crippen molar-refractivity contribution < 1.29 is 9.59 Å². The maximum absolute atomic E-state index is 12.1. The molecule has 0 radical (unpaired) electrons. The van der Waals surface area contributed by atoms with E-state index in [-0.39, 0.29) is 17.7 Å². The number of hydrogen-bond acceptors (Lipinski definition) is 4. The molecule has 1 aromatic rings. The monoisotopic (exact) mass is 323 g/mol. The summed E-state index contributed by atoms with van der Waals surface area (Å²) in [5.74, 6) is 0.835. The summed E-state index contributed by atoms with van der Waals surface area (Å²) < 4.78 is 0.674. The standard InChI is InChI=1S/C13H14BrN3O2/c1-7(18)13-6-8(13)5-9(17-13)12(19)16-11-4-2-3-10(14)15-11/h2-4,8-9,17H,5-6H2,1H3,(H,15,16,19). The first-order valence-corrected chi connectivity index (χ1v) is 7.03. The molecule has 6 heteroatoms. The summed E-state index contributed by atoms with van der Waals surface area (Å²) in [5, 5.41) is 5.94. The Kier molecular flexibility index (Phi) is 2.94. The number of carbonyl (C=O) groups is 2. The van der Waals surface area contributed by atoms with Crippen molar-refractivity contribution >= 4 is 33.4 Å². The lowest BCUT2D eigenvalue weighted by molar-refractivity contribution is -0.120. The highest BCUT2D eigenvalue weighted by Crippen LogP contribution is 2.52. The van der Waals surface area contributed by atoms with E-state index < -0.39 is 5.54 Å². The lowest BCUT2D eigenvalue weighted by atomic mass is 10.1. The van der Waals surface area contributed by atoms with Crippen LogP contribution in [0.4, 0.5) is 5.82 Å². The van der Waals surface area contributed by atoms with Crippen LogP contribution in [-0.4, -0.2) is 28.3 Å². The molecule has 3 atom stereocenters. The third-order valence-corrected chi connectivity index (χ3v) is 4.41. The van der Waals surface area contributed by atoms with E-state index in [1.54, 1.807) is 19.1 Å². The van der Waals surface area contributed by atoms with Crippen LogP contribution in [0.25, 0.3) is 0 Å². The molecule has 1 amide bonds. The first-order chi connectivity index (χ1) is 9.01. The molecule has 1 saturated heterocycles. The predicted molar refractivity (Wildman–Crippen MR) is 73.6 cm³/mol. The van der Waals surface area contributed by atoms with Crippen LogP contribution in [0.5, 0.6) is 0 Å². The molecule has 0 bridgehead atoms. The Morgan fingerprint density at radius 1 is 1.53 bits per heavy atom. The molecule has 1 aliphatic carbocycles. The third-order valence-electron chi connectivity index (χ3n) is 3.97. The van der Waals surface area contributed by atoms with E-state index in [1.165, 1.54) is 0 Å². The summed E-state index contributed by atoms with van der Waals surface area (Å²) in [4.78, 5) is 27.8. The van der Waals surface area contributed by atoms with Crippen molar-refractivity contribution in [1.29, 1.82) is 0 Å². The van der Waals surface area contributed by atoms with Gasteiger partial charge in [-0.3, -0.25) is 14.9 Å². The van der Waals surface area contributed by atoms with Crippen LogP contribution < -0.4 is 10.6 Å². The molecular weight excluding hydrogens is 310 g/mol. The van der Waals surface area contributed by atoms with Crippen molar-refractivity contribution in [3.05, 3.63) is 22.8 Å². The summed E-state index contributed by atoms with van der Waals surface area (Å²) in [6, 6.07) is 5.04. The molecule has 1 aliphatic heterocycles. The van der Waals surface area contributed by atoms with Crippen LogP contribution in [0.2, 0.25) is 0 Å². The molecule has 0 spiro atoms. The van der Waals surface area contributed by atoms with Crippen LogP contribution >= 0.6 is 15.9 Å². The second-order valence-electron chi connectivity index (χ2n) is 5.20. The second-order valence-corrected chi connectivity index (χ2v) is 6.01. The molecule has 2 heterocycles. The van der Waals surface area contributed by atoms with E-state index >= 15 is 0 Å². The maximum atomic E-state index is 12.1. The van der Waals surface area contributed by atoms with Gasteiger partial charge >= 0.3 is 0 Å². The maximum Gasteiger partial charge on any atom is 0.242 e. The van der Waals surface area contributed by atoms with Crippen molar-refractivity contribution in [2.45, 2.75) is 31.3 Å². The molecule has 2 aliphatic rings. The summed E-state index contributed by atoms with van der Waals surface area (Å²) in [6.45, 7) is 1.59. The van der Waals surface area contributed by atoms with Crippen molar-refractivity contribution in [2.75, 3.05) is 5.32 Å². The zero-order chi connectivity index (χ0) is 13.6. The van der Waals surface area contributed by atoms with Crippen LogP contribution in [0.1, 0.15) is 19.8 Å². The van der Waals surface area contributed by atoms with E-state index in [1.807, 2.05) is 6.07 Å². The minimum absolute atomic E-state index is 0.126. The van der Waals surface area contributed by atoms with Crippen LogP contribution in [0, 0.1) is 5.92 Å². The first-order valence-electron chi connectivity index (χ1n) is 6.23. The SMILES string of the molecule is CC(=O)C12CC1CC(C(=O)Nc1cccc(Br)n1)N2. The second kappa shape index (κ2) is 4.38. The first kappa shape index (κ1) is 12.7. The Hall–Kier alpha value is -1.27. The molecule has 2 fully saturated rings. The molecule has 3 rings (SSSR count). The Labute approximate surface area is 119 Å². The smallest absolute Gasteiger partial charge is 0.242 e. The number of aromatic nitrogens is 1. The molecular formula is C13H14BrN3O2. The molecule has 3 unspecified atom stereocenters. The number of pyridine rings is 1. The Morgan fingerprint density at radius 3 is 2.95 bits per heavy atom. The molecule has 1 saturated carbocycles. The van der Waals surface area contributed by atoms with Gasteiger partial charge in [0.1, 0.15) is 16.2 Å². The van der Waals surface area contributed by atoms with Crippen molar-refractivity contribution in [1.82, 2.24) is 10.3 Å². The summed E-state index contributed by atoms with van der Waals surface area (Å²) in [5.41, 5.74) is -0.424. The van der Waals surface area contributed by atoms with E-state index in [0.29, 0.717) is 16.3 Å². The van der Waals surface area contributed by atoms with Crippen molar-refractivity contribution in [3.8, 4) is 0 Å². The molecule has 2 N–H and O–H groups in total. The number of amides is 1. The molecule has 0 aromatic carbocycles. The molecule has 5 nitrogen and oxygen atoms in total. The van der Waals surface area contributed by atoms with Crippen molar-refractivity contribution in [3.63, 3.8) is 0 Å². The number of hydrogen-bond donors (Lipinski definition) is 2. The molecule has 100 valence electrons. The van der Waals surface area contributed by atoms with Gasteiger partial charge in [0.2, 0.25) is 5.91 Å². The number of piperidine rings is 1. The summed E-state index contributed by atoms with van der Waals surface area (Å²) in [6.07, 6.45) is 1.58. The number of rotatable bonds is 3.